The predicted molar refractivity (Wildman–Crippen MR) is 66.9 cm³/mol. The van der Waals surface area contributed by atoms with Gasteiger partial charge in [-0.3, -0.25) is 0 Å². The molecule has 1 radical (unpaired) electrons. The Labute approximate surface area is 132 Å². The van der Waals surface area contributed by atoms with E-state index in [2.05, 4.69) is 24.1 Å². The predicted octanol–water partition coefficient (Wildman–Crippen LogP) is 1.94. The molecule has 0 spiro atoms. The summed E-state index contributed by atoms with van der Waals surface area (Å²) in [5, 5.41) is 0. The topological polar surface area (TPSA) is 25.2 Å². The number of hydrogen-bond donors (Lipinski definition) is 0. The molecule has 0 aliphatic carbocycles. The minimum absolute atomic E-state index is 0. The fraction of sp³-hybridized carbons (Fsp3) is 0.214. The van der Waals surface area contributed by atoms with E-state index < -0.39 is 0 Å². The van der Waals surface area contributed by atoms with Crippen molar-refractivity contribution in [3.63, 3.8) is 0 Å². The van der Waals surface area contributed by atoms with Crippen LogP contribution in [-0.2, 0) is 50.6 Å². The van der Waals surface area contributed by atoms with Crippen molar-refractivity contribution in [2.24, 2.45) is 0 Å². The van der Waals surface area contributed by atoms with Gasteiger partial charge in [-0.15, -0.1) is 6.07 Å². The fourth-order valence-corrected chi connectivity index (χ4v) is 2.44. The van der Waals surface area contributed by atoms with E-state index in [1.807, 2.05) is 35.1 Å². The smallest absolute Gasteiger partial charge is 0.0562 e. The molecule has 1 aromatic heterocycles. The van der Waals surface area contributed by atoms with Gasteiger partial charge in [-0.1, -0.05) is 23.9 Å². The van der Waals surface area contributed by atoms with Gasteiger partial charge in [0, 0.05) is 64.0 Å². The molecule has 89 valence electrons. The molecule has 4 heteroatoms. The number of hydrogen-bond acceptors (Lipinski definition) is 2. The maximum atomic E-state index is 10.9. The monoisotopic (exact) mass is 314 g/mol. The molecule has 0 saturated heterocycles. The van der Waals surface area contributed by atoms with Crippen LogP contribution in [0.2, 0.25) is 0 Å². The van der Waals surface area contributed by atoms with Crippen LogP contribution >= 0.6 is 0 Å². The number of aromatic nitrogens is 1. The molecule has 0 bridgehead atoms. The van der Waals surface area contributed by atoms with E-state index in [9.17, 15) is 4.79 Å². The molecule has 2 heterocycles. The van der Waals surface area contributed by atoms with Crippen molar-refractivity contribution in [2.75, 3.05) is 11.9 Å². The van der Waals surface area contributed by atoms with E-state index in [4.69, 9.17) is 0 Å². The fourth-order valence-electron chi connectivity index (χ4n) is 2.44. The second-order valence-corrected chi connectivity index (χ2v) is 4.38. The summed E-state index contributed by atoms with van der Waals surface area (Å²) in [6.07, 6.45) is 2.00. The molecule has 3 nitrogen and oxygen atoms in total. The number of nitrogens with zero attached hydrogens (tertiary/aromatic N) is 2. The van der Waals surface area contributed by atoms with Crippen LogP contribution in [0, 0.1) is 0 Å². The van der Waals surface area contributed by atoms with E-state index in [1.54, 1.807) is 0 Å². The van der Waals surface area contributed by atoms with Crippen LogP contribution in [-0.4, -0.2) is 17.9 Å². The Balaban J connectivity index is 0.00000120. The number of fused-ring (bicyclic) bond motifs is 2. The zero-order chi connectivity index (χ0) is 11.8. The summed E-state index contributed by atoms with van der Waals surface area (Å²) < 4.78 is 2.04. The van der Waals surface area contributed by atoms with Gasteiger partial charge in [-0.25, -0.2) is 0 Å². The van der Waals surface area contributed by atoms with Gasteiger partial charge in [0.2, 0.25) is 0 Å². The normalized spacial score (nSPS) is 13.1. The van der Waals surface area contributed by atoms with E-state index >= 15 is 0 Å². The van der Waals surface area contributed by atoms with Gasteiger partial charge in [0.05, 0.1) is 6.54 Å². The van der Waals surface area contributed by atoms with Crippen molar-refractivity contribution in [1.82, 2.24) is 4.57 Å². The number of carbonyl (C=O) groups excluding carboxylic acids is 1. The Morgan fingerprint density at radius 3 is 2.67 bits per heavy atom. The molecule has 0 N–H and O–H groups in total. The Bertz CT molecular complexity index is 577. The summed E-state index contributed by atoms with van der Waals surface area (Å²) in [6.45, 7) is 1.56. The van der Waals surface area contributed by atoms with Crippen molar-refractivity contribution in [2.45, 2.75) is 13.1 Å². The van der Waals surface area contributed by atoms with Crippen LogP contribution in [0.15, 0.2) is 36.4 Å². The van der Waals surface area contributed by atoms with Gasteiger partial charge in [0.1, 0.15) is 0 Å². The molecule has 0 amide bonds. The number of anilines is 1. The SMILES string of the molecule is CN1Cc2ccc([C-]=O)n2Cc2ccccc21.[Y]. The third-order valence-electron chi connectivity index (χ3n) is 3.31. The van der Waals surface area contributed by atoms with Crippen molar-refractivity contribution in [3.05, 3.63) is 53.3 Å². The Kier molecular flexibility index (Phi) is 4.03. The first-order chi connectivity index (χ1) is 8.29. The standard InChI is InChI=1S/C14H13N2O.Y/c1-15-9-12-6-7-13(10-17)16(12)8-11-4-2-3-5-14(11)15;/h2-7H,8-9H2,1H3;/q-1;. The average Bonchev–Trinajstić information content (AvgIpc) is 2.66. The largest absolute Gasteiger partial charge is 0.417 e. The number of para-hydroxylation sites is 1. The molecule has 0 fully saturated rings. The Morgan fingerprint density at radius 1 is 1.11 bits per heavy atom. The van der Waals surface area contributed by atoms with E-state index in [1.165, 1.54) is 11.3 Å². The van der Waals surface area contributed by atoms with Gasteiger partial charge in [0.25, 0.3) is 0 Å². The van der Waals surface area contributed by atoms with Crippen LogP contribution < -0.4 is 4.90 Å². The van der Waals surface area contributed by atoms with E-state index in [-0.39, 0.29) is 32.7 Å². The van der Waals surface area contributed by atoms with Gasteiger partial charge in [0.15, 0.2) is 0 Å². The molecule has 0 saturated carbocycles. The summed E-state index contributed by atoms with van der Waals surface area (Å²) in [7, 11) is 2.08. The summed E-state index contributed by atoms with van der Waals surface area (Å²) in [6, 6.07) is 12.1. The second-order valence-electron chi connectivity index (χ2n) is 4.38. The number of benzene rings is 1. The van der Waals surface area contributed by atoms with Crippen LogP contribution in [0.25, 0.3) is 0 Å². The molecular formula is C14H13N2OY-. The molecular weight excluding hydrogens is 301 g/mol. The third kappa shape index (κ3) is 2.17. The summed E-state index contributed by atoms with van der Waals surface area (Å²) in [4.78, 5) is 13.1. The average molecular weight is 314 g/mol. The number of rotatable bonds is 1. The van der Waals surface area contributed by atoms with E-state index in [0.29, 0.717) is 5.69 Å². The minimum atomic E-state index is 0. The third-order valence-corrected chi connectivity index (χ3v) is 3.31. The van der Waals surface area contributed by atoms with Gasteiger partial charge in [-0.05, 0) is 11.6 Å². The van der Waals surface area contributed by atoms with Crippen molar-refractivity contribution in [1.29, 1.82) is 0 Å². The van der Waals surface area contributed by atoms with Gasteiger partial charge < -0.3 is 14.3 Å². The second kappa shape index (κ2) is 5.37. The van der Waals surface area contributed by atoms with Crippen LogP contribution in [0.4, 0.5) is 5.69 Å². The van der Waals surface area contributed by atoms with Crippen molar-refractivity contribution in [3.8, 4) is 0 Å². The maximum absolute atomic E-state index is 10.9. The zero-order valence-electron chi connectivity index (χ0n) is 10.3. The van der Waals surface area contributed by atoms with E-state index in [0.717, 1.165) is 18.8 Å². The summed E-state index contributed by atoms with van der Waals surface area (Å²) in [5.41, 5.74) is 4.25. The first kappa shape index (κ1) is 13.5. The zero-order valence-corrected chi connectivity index (χ0v) is 13.1. The quantitative estimate of drug-likeness (QED) is 0.752. The molecule has 1 aliphatic heterocycles. The molecule has 3 rings (SSSR count). The van der Waals surface area contributed by atoms with Crippen LogP contribution in [0.5, 0.6) is 0 Å². The van der Waals surface area contributed by atoms with Crippen LogP contribution in [0.3, 0.4) is 0 Å². The molecule has 0 atom stereocenters. The molecule has 1 aliphatic rings. The Hall–Kier alpha value is -0.926. The maximum Gasteiger partial charge on any atom is 0.0562 e. The molecule has 0 unspecified atom stereocenters. The first-order valence-electron chi connectivity index (χ1n) is 5.65. The molecule has 1 aromatic carbocycles. The molecule has 2 aromatic rings. The molecule has 18 heavy (non-hydrogen) atoms. The summed E-state index contributed by atoms with van der Waals surface area (Å²) in [5.74, 6) is 0. The Morgan fingerprint density at radius 2 is 1.89 bits per heavy atom. The minimum Gasteiger partial charge on any atom is -0.417 e. The van der Waals surface area contributed by atoms with Crippen LogP contribution in [0.1, 0.15) is 17.0 Å². The summed E-state index contributed by atoms with van der Waals surface area (Å²) >= 11 is 0. The van der Waals surface area contributed by atoms with Gasteiger partial charge in [-0.2, -0.15) is 6.07 Å². The first-order valence-corrected chi connectivity index (χ1v) is 5.65. The van der Waals surface area contributed by atoms with Crippen molar-refractivity contribution < 1.29 is 37.5 Å². The van der Waals surface area contributed by atoms with Crippen molar-refractivity contribution >= 4 is 12.0 Å². The van der Waals surface area contributed by atoms with Gasteiger partial charge >= 0.3 is 0 Å².